The second-order valence-corrected chi connectivity index (χ2v) is 2.81. The van der Waals surface area contributed by atoms with Gasteiger partial charge in [-0.2, -0.15) is 0 Å². The molecule has 0 saturated carbocycles. The monoisotopic (exact) mass is 140 g/mol. The van der Waals surface area contributed by atoms with Crippen molar-refractivity contribution in [2.75, 3.05) is 26.2 Å². The molecule has 58 valence electrons. The SMILES string of the molecule is C=CCNCC1CCNC1. The van der Waals surface area contributed by atoms with E-state index in [-0.39, 0.29) is 0 Å². The lowest BCUT2D eigenvalue weighted by Crippen LogP contribution is -2.24. The van der Waals surface area contributed by atoms with Gasteiger partial charge in [-0.3, -0.25) is 0 Å². The van der Waals surface area contributed by atoms with Crippen LogP contribution in [0.5, 0.6) is 0 Å². The Bertz CT molecular complexity index is 95.4. The summed E-state index contributed by atoms with van der Waals surface area (Å²) in [6, 6.07) is 0. The lowest BCUT2D eigenvalue weighted by atomic mass is 10.1. The van der Waals surface area contributed by atoms with Crippen LogP contribution in [0.15, 0.2) is 12.7 Å². The normalized spacial score (nSPS) is 25.0. The van der Waals surface area contributed by atoms with E-state index in [1.165, 1.54) is 19.5 Å². The van der Waals surface area contributed by atoms with Crippen molar-refractivity contribution in [2.45, 2.75) is 6.42 Å². The van der Waals surface area contributed by atoms with Crippen molar-refractivity contribution in [2.24, 2.45) is 5.92 Å². The molecular formula is C8H16N2. The first kappa shape index (κ1) is 7.76. The van der Waals surface area contributed by atoms with Crippen LogP contribution in [0.1, 0.15) is 6.42 Å². The van der Waals surface area contributed by atoms with Crippen LogP contribution in [0.2, 0.25) is 0 Å². The van der Waals surface area contributed by atoms with E-state index in [0.717, 1.165) is 19.0 Å². The average Bonchev–Trinajstić information content (AvgIpc) is 2.41. The Hall–Kier alpha value is -0.340. The van der Waals surface area contributed by atoms with Gasteiger partial charge in [-0.15, -0.1) is 6.58 Å². The molecular weight excluding hydrogens is 124 g/mol. The van der Waals surface area contributed by atoms with Gasteiger partial charge in [0.25, 0.3) is 0 Å². The zero-order valence-corrected chi connectivity index (χ0v) is 6.40. The molecule has 1 unspecified atom stereocenters. The van der Waals surface area contributed by atoms with Crippen LogP contribution in [-0.2, 0) is 0 Å². The third kappa shape index (κ3) is 2.50. The Labute approximate surface area is 62.7 Å². The topological polar surface area (TPSA) is 24.1 Å². The Kier molecular flexibility index (Phi) is 3.47. The Morgan fingerprint density at radius 2 is 2.60 bits per heavy atom. The highest BCUT2D eigenvalue weighted by atomic mass is 14.9. The molecule has 1 fully saturated rings. The molecule has 0 spiro atoms. The number of nitrogens with one attached hydrogen (secondary N) is 2. The largest absolute Gasteiger partial charge is 0.316 e. The van der Waals surface area contributed by atoms with Crippen LogP contribution >= 0.6 is 0 Å². The summed E-state index contributed by atoms with van der Waals surface area (Å²) in [4.78, 5) is 0. The molecule has 0 bridgehead atoms. The van der Waals surface area contributed by atoms with E-state index >= 15 is 0 Å². The van der Waals surface area contributed by atoms with Crippen LogP contribution < -0.4 is 10.6 Å². The van der Waals surface area contributed by atoms with E-state index in [0.29, 0.717) is 0 Å². The highest BCUT2D eigenvalue weighted by Gasteiger charge is 2.12. The van der Waals surface area contributed by atoms with Gasteiger partial charge in [0.2, 0.25) is 0 Å². The number of hydrogen-bond acceptors (Lipinski definition) is 2. The van der Waals surface area contributed by atoms with Crippen molar-refractivity contribution in [3.63, 3.8) is 0 Å². The fourth-order valence-corrected chi connectivity index (χ4v) is 1.28. The summed E-state index contributed by atoms with van der Waals surface area (Å²) in [5.74, 6) is 0.847. The van der Waals surface area contributed by atoms with Gasteiger partial charge in [-0.05, 0) is 32.0 Å². The summed E-state index contributed by atoms with van der Waals surface area (Å²) in [6.45, 7) is 8.11. The highest BCUT2D eigenvalue weighted by molar-refractivity contribution is 4.76. The van der Waals surface area contributed by atoms with Crippen molar-refractivity contribution < 1.29 is 0 Å². The lowest BCUT2D eigenvalue weighted by molar-refractivity contribution is 0.531. The van der Waals surface area contributed by atoms with Crippen LogP contribution in [0.25, 0.3) is 0 Å². The molecule has 1 heterocycles. The zero-order valence-electron chi connectivity index (χ0n) is 6.40. The molecule has 0 radical (unpaired) electrons. The predicted octanol–water partition coefficient (Wildman–Crippen LogP) is 0.371. The van der Waals surface area contributed by atoms with Gasteiger partial charge in [-0.25, -0.2) is 0 Å². The highest BCUT2D eigenvalue weighted by Crippen LogP contribution is 2.04. The van der Waals surface area contributed by atoms with Gasteiger partial charge in [-0.1, -0.05) is 6.08 Å². The molecule has 2 heteroatoms. The summed E-state index contributed by atoms with van der Waals surface area (Å²) in [7, 11) is 0. The van der Waals surface area contributed by atoms with Crippen molar-refractivity contribution in [1.82, 2.24) is 10.6 Å². The molecule has 1 atom stereocenters. The molecule has 1 aliphatic rings. The van der Waals surface area contributed by atoms with Crippen molar-refractivity contribution >= 4 is 0 Å². The molecule has 0 aromatic carbocycles. The Balaban J connectivity index is 1.96. The molecule has 1 saturated heterocycles. The predicted molar refractivity (Wildman–Crippen MR) is 44.0 cm³/mol. The van der Waals surface area contributed by atoms with Gasteiger partial charge in [0.15, 0.2) is 0 Å². The summed E-state index contributed by atoms with van der Waals surface area (Å²) in [5.41, 5.74) is 0. The second kappa shape index (κ2) is 4.47. The van der Waals surface area contributed by atoms with E-state index in [9.17, 15) is 0 Å². The Morgan fingerprint density at radius 3 is 3.20 bits per heavy atom. The molecule has 0 aliphatic carbocycles. The van der Waals surface area contributed by atoms with E-state index in [1.807, 2.05) is 6.08 Å². The maximum absolute atomic E-state index is 3.65. The van der Waals surface area contributed by atoms with E-state index in [2.05, 4.69) is 17.2 Å². The summed E-state index contributed by atoms with van der Waals surface area (Å²) >= 11 is 0. The first-order chi connectivity index (χ1) is 4.93. The van der Waals surface area contributed by atoms with E-state index in [4.69, 9.17) is 0 Å². The maximum atomic E-state index is 3.65. The molecule has 0 amide bonds. The fourth-order valence-electron chi connectivity index (χ4n) is 1.28. The standard InChI is InChI=1S/C8H16N2/c1-2-4-9-6-8-3-5-10-7-8/h2,8-10H,1,3-7H2. The summed E-state index contributed by atoms with van der Waals surface area (Å²) < 4.78 is 0. The maximum Gasteiger partial charge on any atom is 0.0132 e. The van der Waals surface area contributed by atoms with Gasteiger partial charge in [0.1, 0.15) is 0 Å². The third-order valence-corrected chi connectivity index (χ3v) is 1.88. The minimum Gasteiger partial charge on any atom is -0.316 e. The molecule has 2 nitrogen and oxygen atoms in total. The second-order valence-electron chi connectivity index (χ2n) is 2.81. The summed E-state index contributed by atoms with van der Waals surface area (Å²) in [5, 5.41) is 6.65. The lowest BCUT2D eigenvalue weighted by Gasteiger charge is -2.06. The van der Waals surface area contributed by atoms with Crippen LogP contribution in [0.3, 0.4) is 0 Å². The minimum absolute atomic E-state index is 0.847. The average molecular weight is 140 g/mol. The van der Waals surface area contributed by atoms with Crippen molar-refractivity contribution in [1.29, 1.82) is 0 Å². The Morgan fingerprint density at radius 1 is 1.70 bits per heavy atom. The molecule has 2 N–H and O–H groups in total. The first-order valence-electron chi connectivity index (χ1n) is 3.96. The fraction of sp³-hybridized carbons (Fsp3) is 0.750. The molecule has 1 rings (SSSR count). The third-order valence-electron chi connectivity index (χ3n) is 1.88. The first-order valence-corrected chi connectivity index (χ1v) is 3.96. The van der Waals surface area contributed by atoms with Gasteiger partial charge < -0.3 is 10.6 Å². The van der Waals surface area contributed by atoms with Crippen LogP contribution in [0, 0.1) is 5.92 Å². The van der Waals surface area contributed by atoms with Crippen LogP contribution in [-0.4, -0.2) is 26.2 Å². The number of rotatable bonds is 4. The molecule has 1 aliphatic heterocycles. The van der Waals surface area contributed by atoms with Crippen molar-refractivity contribution in [3.8, 4) is 0 Å². The van der Waals surface area contributed by atoms with Crippen molar-refractivity contribution in [3.05, 3.63) is 12.7 Å². The zero-order chi connectivity index (χ0) is 7.23. The number of hydrogen-bond donors (Lipinski definition) is 2. The van der Waals surface area contributed by atoms with Gasteiger partial charge in [0.05, 0.1) is 0 Å². The minimum atomic E-state index is 0.847. The van der Waals surface area contributed by atoms with Crippen LogP contribution in [0.4, 0.5) is 0 Å². The summed E-state index contributed by atoms with van der Waals surface area (Å²) in [6.07, 6.45) is 3.23. The van der Waals surface area contributed by atoms with E-state index < -0.39 is 0 Å². The molecule has 0 aromatic heterocycles. The molecule has 0 aromatic rings. The van der Waals surface area contributed by atoms with Gasteiger partial charge in [0, 0.05) is 6.54 Å². The molecule has 10 heavy (non-hydrogen) atoms. The smallest absolute Gasteiger partial charge is 0.0132 e. The quantitative estimate of drug-likeness (QED) is 0.435. The van der Waals surface area contributed by atoms with Gasteiger partial charge >= 0.3 is 0 Å². The van der Waals surface area contributed by atoms with E-state index in [1.54, 1.807) is 0 Å².